The van der Waals surface area contributed by atoms with E-state index in [-0.39, 0.29) is 29.4 Å². The van der Waals surface area contributed by atoms with Crippen molar-refractivity contribution in [3.05, 3.63) is 35.9 Å². The molecule has 0 amide bonds. The molecule has 4 saturated carbocycles. The first-order valence-corrected chi connectivity index (χ1v) is 23.8. The molecule has 0 bridgehead atoms. The molecule has 0 heterocycles. The van der Waals surface area contributed by atoms with E-state index in [2.05, 4.69) is 47.6 Å². The van der Waals surface area contributed by atoms with E-state index in [1.807, 2.05) is 24.3 Å². The Hall–Kier alpha value is -2.30. The molecule has 56 heavy (non-hydrogen) atoms. The number of hydrogen-bond donors (Lipinski definition) is 0. The normalized spacial score (nSPS) is 33.1. The van der Waals surface area contributed by atoms with Crippen LogP contribution >= 0.6 is 0 Å². The molecule has 4 fully saturated rings. The Morgan fingerprint density at radius 2 is 1.55 bits per heavy atom. The lowest BCUT2D eigenvalue weighted by atomic mass is 9.47. The van der Waals surface area contributed by atoms with Gasteiger partial charge in [-0.1, -0.05) is 98.1 Å². The summed E-state index contributed by atoms with van der Waals surface area (Å²) < 4.78 is 17.8. The van der Waals surface area contributed by atoms with E-state index in [1.54, 1.807) is 5.57 Å². The first kappa shape index (κ1) is 43.3. The molecular formula is C51H80O5. The van der Waals surface area contributed by atoms with Gasteiger partial charge in [-0.05, 0) is 166 Å². The van der Waals surface area contributed by atoms with Crippen molar-refractivity contribution in [2.75, 3.05) is 6.61 Å². The minimum atomic E-state index is -0.0862. The zero-order valence-electron chi connectivity index (χ0n) is 36.6. The van der Waals surface area contributed by atoms with Crippen molar-refractivity contribution in [2.45, 2.75) is 195 Å². The van der Waals surface area contributed by atoms with Crippen LogP contribution in [-0.2, 0) is 14.3 Å². The predicted molar refractivity (Wildman–Crippen MR) is 229 cm³/mol. The quantitative estimate of drug-likeness (QED) is 0.0606. The van der Waals surface area contributed by atoms with Gasteiger partial charge in [-0.15, -0.1) is 0 Å². The number of unbranched alkanes of at least 4 members (excludes halogenated alkanes) is 4. The summed E-state index contributed by atoms with van der Waals surface area (Å²) >= 11 is 0. The van der Waals surface area contributed by atoms with Crippen LogP contribution in [0.5, 0.6) is 11.5 Å². The minimum absolute atomic E-state index is 0.0262. The largest absolute Gasteiger partial charge is 0.494 e. The highest BCUT2D eigenvalue weighted by Crippen LogP contribution is 2.67. The van der Waals surface area contributed by atoms with Crippen molar-refractivity contribution < 1.29 is 23.8 Å². The number of allylic oxidation sites excluding steroid dienone is 1. The number of esters is 2. The molecule has 0 unspecified atom stereocenters. The topological polar surface area (TPSA) is 61.8 Å². The van der Waals surface area contributed by atoms with Crippen molar-refractivity contribution >= 4 is 11.9 Å². The summed E-state index contributed by atoms with van der Waals surface area (Å²) in [4.78, 5) is 25.7. The molecule has 314 valence electrons. The number of fused-ring (bicyclic) bond motifs is 5. The molecule has 8 atom stereocenters. The maximum atomic E-state index is 12.9. The fraction of sp³-hybridized carbons (Fsp3) is 0.804. The second-order valence-electron chi connectivity index (χ2n) is 20.4. The molecule has 0 N–H and O–H groups in total. The van der Waals surface area contributed by atoms with Crippen LogP contribution in [0.1, 0.15) is 189 Å². The number of carbonyl (C=O) groups excluding carboxylic acids is 2. The summed E-state index contributed by atoms with van der Waals surface area (Å²) in [6.45, 7) is 15.4. The number of carbonyl (C=O) groups is 2. The average molecular weight is 773 g/mol. The lowest BCUT2D eigenvalue weighted by Gasteiger charge is -2.58. The van der Waals surface area contributed by atoms with Gasteiger partial charge in [0, 0.05) is 12.8 Å². The molecule has 5 nitrogen and oxygen atoms in total. The van der Waals surface area contributed by atoms with Crippen LogP contribution in [0.25, 0.3) is 0 Å². The Morgan fingerprint density at radius 1 is 0.786 bits per heavy atom. The Kier molecular flexibility index (Phi) is 15.5. The van der Waals surface area contributed by atoms with Gasteiger partial charge in [0.05, 0.1) is 12.5 Å². The third-order valence-corrected chi connectivity index (χ3v) is 16.3. The molecule has 5 aliphatic carbocycles. The number of rotatable bonds is 19. The Labute approximate surface area is 342 Å². The van der Waals surface area contributed by atoms with Crippen molar-refractivity contribution in [3.63, 3.8) is 0 Å². The highest BCUT2D eigenvalue weighted by molar-refractivity contribution is 5.75. The molecule has 0 saturated heterocycles. The summed E-state index contributed by atoms with van der Waals surface area (Å²) in [5, 5.41) is 0. The maximum Gasteiger partial charge on any atom is 0.314 e. The fourth-order valence-electron chi connectivity index (χ4n) is 12.9. The van der Waals surface area contributed by atoms with Gasteiger partial charge in [-0.2, -0.15) is 0 Å². The predicted octanol–water partition coefficient (Wildman–Crippen LogP) is 13.9. The molecule has 5 heteroatoms. The smallest absolute Gasteiger partial charge is 0.314 e. The SMILES string of the molecule is CCCCCC1CCC(C(=O)Oc2ccc(OCCCCCC(=O)O[C@H]3CC[C@@]4(C)C(=CC[C@H]5[C@@H]6CC[C@H]([C@H](C)CCCC(C)C)[C@@]6(C)CC[C@@H]54)C3)cc2)CC1. The summed E-state index contributed by atoms with van der Waals surface area (Å²) in [6, 6.07) is 7.44. The Bertz CT molecular complexity index is 1420. The molecule has 0 aromatic heterocycles. The fourth-order valence-corrected chi connectivity index (χ4v) is 12.9. The van der Waals surface area contributed by atoms with E-state index in [0.717, 1.165) is 111 Å². The summed E-state index contributed by atoms with van der Waals surface area (Å²) in [5.41, 5.74) is 2.40. The van der Waals surface area contributed by atoms with Gasteiger partial charge in [0.1, 0.15) is 17.6 Å². The zero-order valence-corrected chi connectivity index (χ0v) is 36.6. The number of hydrogen-bond acceptors (Lipinski definition) is 5. The summed E-state index contributed by atoms with van der Waals surface area (Å²) in [5.74, 6) is 7.14. The molecule has 1 aromatic rings. The van der Waals surface area contributed by atoms with Gasteiger partial charge in [-0.25, -0.2) is 0 Å². The summed E-state index contributed by atoms with van der Waals surface area (Å²) in [6.07, 6.45) is 29.4. The van der Waals surface area contributed by atoms with Crippen molar-refractivity contribution in [3.8, 4) is 11.5 Å². The van der Waals surface area contributed by atoms with E-state index >= 15 is 0 Å². The lowest BCUT2D eigenvalue weighted by Crippen LogP contribution is -2.51. The molecule has 0 spiro atoms. The minimum Gasteiger partial charge on any atom is -0.494 e. The highest BCUT2D eigenvalue weighted by Gasteiger charge is 2.59. The Balaban J connectivity index is 0.855. The van der Waals surface area contributed by atoms with Gasteiger partial charge < -0.3 is 14.2 Å². The first-order chi connectivity index (χ1) is 27.0. The Morgan fingerprint density at radius 3 is 2.30 bits per heavy atom. The number of benzene rings is 1. The highest BCUT2D eigenvalue weighted by atomic mass is 16.5. The van der Waals surface area contributed by atoms with Gasteiger partial charge in [0.25, 0.3) is 0 Å². The van der Waals surface area contributed by atoms with Gasteiger partial charge in [-0.3, -0.25) is 9.59 Å². The van der Waals surface area contributed by atoms with Gasteiger partial charge in [0.15, 0.2) is 0 Å². The second-order valence-corrected chi connectivity index (χ2v) is 20.4. The molecule has 1 aromatic carbocycles. The molecule has 6 rings (SSSR count). The molecular weight excluding hydrogens is 693 g/mol. The van der Waals surface area contributed by atoms with E-state index in [1.165, 1.54) is 77.0 Å². The van der Waals surface area contributed by atoms with Gasteiger partial charge >= 0.3 is 11.9 Å². The first-order valence-electron chi connectivity index (χ1n) is 23.8. The van der Waals surface area contributed by atoms with Crippen LogP contribution < -0.4 is 9.47 Å². The van der Waals surface area contributed by atoms with E-state index in [4.69, 9.17) is 14.2 Å². The monoisotopic (exact) mass is 773 g/mol. The number of ether oxygens (including phenoxy) is 3. The van der Waals surface area contributed by atoms with Crippen LogP contribution in [0.2, 0.25) is 0 Å². The third kappa shape index (κ3) is 10.7. The summed E-state index contributed by atoms with van der Waals surface area (Å²) in [7, 11) is 0. The zero-order chi connectivity index (χ0) is 39.7. The van der Waals surface area contributed by atoms with Crippen LogP contribution in [0.15, 0.2) is 35.9 Å². The standard InChI is InChI=1S/C51H80O5/c1-7-8-10-16-38-18-20-39(21-19-38)49(53)56-42-25-23-41(24-26-42)54-34-12-9-11-17-48(52)55-43-30-32-50(5)40(35-43)22-27-44-46-29-28-45(37(4)15-13-14-36(2)3)51(46,6)33-31-47(44)50/h22-26,36-39,43-47H,7-21,27-35H2,1-6H3/t37-,38?,39?,43+,44+,45-,46+,47+,50+,51-/m1/s1. The molecule has 5 aliphatic rings. The lowest BCUT2D eigenvalue weighted by molar-refractivity contribution is -0.151. The van der Waals surface area contributed by atoms with Crippen LogP contribution in [0.3, 0.4) is 0 Å². The second kappa shape index (κ2) is 20.1. The van der Waals surface area contributed by atoms with Crippen molar-refractivity contribution in [1.82, 2.24) is 0 Å². The van der Waals surface area contributed by atoms with E-state index < -0.39 is 0 Å². The van der Waals surface area contributed by atoms with Crippen LogP contribution in [-0.4, -0.2) is 24.6 Å². The van der Waals surface area contributed by atoms with Gasteiger partial charge in [0.2, 0.25) is 0 Å². The third-order valence-electron chi connectivity index (χ3n) is 16.3. The van der Waals surface area contributed by atoms with Crippen LogP contribution in [0.4, 0.5) is 0 Å². The van der Waals surface area contributed by atoms with E-state index in [0.29, 0.717) is 24.2 Å². The van der Waals surface area contributed by atoms with Crippen LogP contribution in [0, 0.1) is 58.2 Å². The van der Waals surface area contributed by atoms with E-state index in [9.17, 15) is 9.59 Å². The van der Waals surface area contributed by atoms with Crippen molar-refractivity contribution in [2.24, 2.45) is 58.2 Å². The molecule has 0 radical (unpaired) electrons. The average Bonchev–Trinajstić information content (AvgIpc) is 3.54. The molecule has 0 aliphatic heterocycles. The maximum absolute atomic E-state index is 12.9. The van der Waals surface area contributed by atoms with Crippen molar-refractivity contribution in [1.29, 1.82) is 0 Å².